The highest BCUT2D eigenvalue weighted by molar-refractivity contribution is 7.10. The Labute approximate surface area is 84.8 Å². The number of urea groups is 1. The SMILES string of the molecule is CN1C(=O)N/C(=C\c2cccs2)C1=O. The van der Waals surface area contributed by atoms with Crippen molar-refractivity contribution < 1.29 is 9.59 Å². The fourth-order valence-electron chi connectivity index (χ4n) is 1.14. The number of nitrogens with one attached hydrogen (secondary N) is 1. The van der Waals surface area contributed by atoms with Crippen LogP contribution in [0.25, 0.3) is 6.08 Å². The van der Waals surface area contributed by atoms with E-state index in [1.165, 1.54) is 18.4 Å². The molecule has 1 aliphatic heterocycles. The van der Waals surface area contributed by atoms with Crippen LogP contribution in [0.3, 0.4) is 0 Å². The molecule has 0 saturated carbocycles. The summed E-state index contributed by atoms with van der Waals surface area (Å²) in [7, 11) is 1.45. The predicted octanol–water partition coefficient (Wildman–Crippen LogP) is 1.27. The number of imide groups is 1. The molecule has 1 fully saturated rings. The highest BCUT2D eigenvalue weighted by atomic mass is 32.1. The molecule has 0 aliphatic carbocycles. The molecule has 1 aromatic heterocycles. The van der Waals surface area contributed by atoms with Crippen LogP contribution in [0.5, 0.6) is 0 Å². The summed E-state index contributed by atoms with van der Waals surface area (Å²) >= 11 is 1.52. The average Bonchev–Trinajstić information content (AvgIpc) is 2.73. The summed E-state index contributed by atoms with van der Waals surface area (Å²) in [5.41, 5.74) is 0.333. The maximum atomic E-state index is 11.4. The zero-order valence-electron chi connectivity index (χ0n) is 7.48. The summed E-state index contributed by atoms with van der Waals surface area (Å²) in [4.78, 5) is 24.5. The minimum Gasteiger partial charge on any atom is -0.303 e. The standard InChI is InChI=1S/C9H8N2O2S/c1-11-8(12)7(10-9(11)13)5-6-3-2-4-14-6/h2-5H,1H3,(H,10,13)/b7-5-. The Hall–Kier alpha value is -1.62. The fourth-order valence-corrected chi connectivity index (χ4v) is 1.80. The van der Waals surface area contributed by atoms with E-state index in [0.717, 1.165) is 9.78 Å². The first-order chi connectivity index (χ1) is 6.68. The lowest BCUT2D eigenvalue weighted by molar-refractivity contribution is -0.121. The third kappa shape index (κ3) is 1.42. The molecule has 14 heavy (non-hydrogen) atoms. The average molecular weight is 208 g/mol. The predicted molar refractivity (Wildman–Crippen MR) is 53.6 cm³/mol. The van der Waals surface area contributed by atoms with Crippen LogP contribution in [0.4, 0.5) is 4.79 Å². The van der Waals surface area contributed by atoms with E-state index in [0.29, 0.717) is 5.70 Å². The van der Waals surface area contributed by atoms with Crippen LogP contribution in [-0.4, -0.2) is 23.9 Å². The zero-order chi connectivity index (χ0) is 10.1. The van der Waals surface area contributed by atoms with Crippen molar-refractivity contribution in [2.24, 2.45) is 0 Å². The summed E-state index contributed by atoms with van der Waals surface area (Å²) in [5.74, 6) is -0.289. The molecule has 0 atom stereocenters. The van der Waals surface area contributed by atoms with Gasteiger partial charge in [0.25, 0.3) is 5.91 Å². The normalized spacial score (nSPS) is 19.2. The summed E-state index contributed by atoms with van der Waals surface area (Å²) in [6, 6.07) is 3.40. The highest BCUT2D eigenvalue weighted by Crippen LogP contribution is 2.15. The van der Waals surface area contributed by atoms with Crippen LogP contribution in [0.15, 0.2) is 23.2 Å². The van der Waals surface area contributed by atoms with Crippen LogP contribution in [0.2, 0.25) is 0 Å². The lowest BCUT2D eigenvalue weighted by Gasteiger charge is -1.99. The van der Waals surface area contributed by atoms with Crippen LogP contribution in [0, 0.1) is 0 Å². The van der Waals surface area contributed by atoms with Crippen molar-refractivity contribution in [3.8, 4) is 0 Å². The lowest BCUT2D eigenvalue weighted by Crippen LogP contribution is -2.25. The summed E-state index contributed by atoms with van der Waals surface area (Å²) < 4.78 is 0. The molecule has 0 aromatic carbocycles. The Bertz CT molecular complexity index is 408. The van der Waals surface area contributed by atoms with Crippen molar-refractivity contribution in [2.45, 2.75) is 0 Å². The number of likely N-dealkylation sites (N-methyl/N-ethyl adjacent to an activating group) is 1. The third-order valence-corrected chi connectivity index (χ3v) is 2.73. The van der Waals surface area contributed by atoms with Gasteiger partial charge in [0.15, 0.2) is 0 Å². The largest absolute Gasteiger partial charge is 0.328 e. The maximum absolute atomic E-state index is 11.4. The van der Waals surface area contributed by atoms with Gasteiger partial charge in [-0.15, -0.1) is 11.3 Å². The van der Waals surface area contributed by atoms with E-state index >= 15 is 0 Å². The highest BCUT2D eigenvalue weighted by Gasteiger charge is 2.29. The summed E-state index contributed by atoms with van der Waals surface area (Å²) in [6.07, 6.45) is 1.67. The van der Waals surface area contributed by atoms with Gasteiger partial charge < -0.3 is 5.32 Å². The second-order valence-corrected chi connectivity index (χ2v) is 3.85. The van der Waals surface area contributed by atoms with Crippen molar-refractivity contribution >= 4 is 29.4 Å². The molecular formula is C9H8N2O2S. The van der Waals surface area contributed by atoms with Crippen LogP contribution in [-0.2, 0) is 4.79 Å². The monoisotopic (exact) mass is 208 g/mol. The molecular weight excluding hydrogens is 200 g/mol. The number of hydrogen-bond donors (Lipinski definition) is 1. The molecule has 72 valence electrons. The molecule has 0 unspecified atom stereocenters. The number of carbonyl (C=O) groups is 2. The minimum atomic E-state index is -0.377. The van der Waals surface area contributed by atoms with E-state index in [1.54, 1.807) is 6.08 Å². The molecule has 1 N–H and O–H groups in total. The number of hydrogen-bond acceptors (Lipinski definition) is 3. The molecule has 4 nitrogen and oxygen atoms in total. The van der Waals surface area contributed by atoms with E-state index in [1.807, 2.05) is 17.5 Å². The van der Waals surface area contributed by atoms with E-state index in [9.17, 15) is 9.59 Å². The molecule has 0 bridgehead atoms. The van der Waals surface area contributed by atoms with Crippen molar-refractivity contribution in [1.29, 1.82) is 0 Å². The Balaban J connectivity index is 2.29. The number of rotatable bonds is 1. The summed E-state index contributed by atoms with van der Waals surface area (Å²) in [6.45, 7) is 0. The number of carbonyl (C=O) groups excluding carboxylic acids is 2. The molecule has 3 amide bonds. The van der Waals surface area contributed by atoms with Crippen molar-refractivity contribution in [2.75, 3.05) is 7.05 Å². The van der Waals surface area contributed by atoms with E-state index in [-0.39, 0.29) is 11.9 Å². The van der Waals surface area contributed by atoms with Gasteiger partial charge in [-0.25, -0.2) is 4.79 Å². The van der Waals surface area contributed by atoms with Crippen LogP contribution < -0.4 is 5.32 Å². The molecule has 2 heterocycles. The van der Waals surface area contributed by atoms with Crippen LogP contribution in [0.1, 0.15) is 4.88 Å². The minimum absolute atomic E-state index is 0.289. The third-order valence-electron chi connectivity index (χ3n) is 1.91. The quantitative estimate of drug-likeness (QED) is 0.558. The molecule has 1 saturated heterocycles. The molecule has 1 aliphatic rings. The van der Waals surface area contributed by atoms with Crippen molar-refractivity contribution in [3.05, 3.63) is 28.1 Å². The van der Waals surface area contributed by atoms with Gasteiger partial charge in [-0.1, -0.05) is 6.07 Å². The number of nitrogens with zero attached hydrogens (tertiary/aromatic N) is 1. The molecule has 0 radical (unpaired) electrons. The van der Waals surface area contributed by atoms with Gasteiger partial charge in [0, 0.05) is 11.9 Å². The lowest BCUT2D eigenvalue weighted by atomic mass is 10.3. The maximum Gasteiger partial charge on any atom is 0.328 e. The van der Waals surface area contributed by atoms with E-state index < -0.39 is 0 Å². The van der Waals surface area contributed by atoms with E-state index in [4.69, 9.17) is 0 Å². The molecule has 2 rings (SSSR count). The number of amides is 3. The topological polar surface area (TPSA) is 49.4 Å². The van der Waals surface area contributed by atoms with Gasteiger partial charge in [-0.3, -0.25) is 9.69 Å². The van der Waals surface area contributed by atoms with Gasteiger partial charge in [-0.2, -0.15) is 0 Å². The van der Waals surface area contributed by atoms with Crippen molar-refractivity contribution in [1.82, 2.24) is 10.2 Å². The first-order valence-electron chi connectivity index (χ1n) is 4.03. The Kier molecular flexibility index (Phi) is 2.09. The summed E-state index contributed by atoms with van der Waals surface area (Å²) in [5, 5.41) is 4.41. The zero-order valence-corrected chi connectivity index (χ0v) is 8.30. The molecule has 0 spiro atoms. The Morgan fingerprint density at radius 3 is 2.79 bits per heavy atom. The first kappa shape index (κ1) is 8.96. The van der Waals surface area contributed by atoms with Gasteiger partial charge in [0.2, 0.25) is 0 Å². The number of thiophene rings is 1. The van der Waals surface area contributed by atoms with E-state index in [2.05, 4.69) is 5.32 Å². The van der Waals surface area contributed by atoms with Gasteiger partial charge in [0.1, 0.15) is 5.70 Å². The van der Waals surface area contributed by atoms with Gasteiger partial charge >= 0.3 is 6.03 Å². The second kappa shape index (κ2) is 3.26. The van der Waals surface area contributed by atoms with Gasteiger partial charge in [0.05, 0.1) is 0 Å². The smallest absolute Gasteiger partial charge is 0.303 e. The Morgan fingerprint density at radius 1 is 1.50 bits per heavy atom. The van der Waals surface area contributed by atoms with Crippen molar-refractivity contribution in [3.63, 3.8) is 0 Å². The first-order valence-corrected chi connectivity index (χ1v) is 4.90. The van der Waals surface area contributed by atoms with Crippen LogP contribution >= 0.6 is 11.3 Å². The molecule has 5 heteroatoms. The molecule has 1 aromatic rings. The fraction of sp³-hybridized carbons (Fsp3) is 0.111. The second-order valence-electron chi connectivity index (χ2n) is 2.87. The van der Waals surface area contributed by atoms with Gasteiger partial charge in [-0.05, 0) is 17.5 Å². The Morgan fingerprint density at radius 2 is 2.29 bits per heavy atom.